The fourth-order valence-electron chi connectivity index (χ4n) is 2.23. The van der Waals surface area contributed by atoms with Crippen molar-refractivity contribution in [3.05, 3.63) is 58.5 Å². The van der Waals surface area contributed by atoms with Crippen molar-refractivity contribution in [2.45, 2.75) is 19.5 Å². The first-order chi connectivity index (χ1) is 9.61. The normalized spacial score (nSPS) is 12.6. The molecule has 2 aromatic rings. The summed E-state index contributed by atoms with van der Waals surface area (Å²) in [5, 5.41) is 0. The van der Waals surface area contributed by atoms with Crippen LogP contribution in [0.2, 0.25) is 0 Å². The highest BCUT2D eigenvalue weighted by Gasteiger charge is 2.25. The van der Waals surface area contributed by atoms with E-state index in [2.05, 4.69) is 15.9 Å². The third kappa shape index (κ3) is 3.49. The van der Waals surface area contributed by atoms with Crippen LogP contribution in [0.25, 0.3) is 0 Å². The van der Waals surface area contributed by atoms with Gasteiger partial charge in [-0.05, 0) is 30.3 Å². The number of benzene rings is 1. The zero-order valence-electron chi connectivity index (χ0n) is 11.3. The van der Waals surface area contributed by atoms with Crippen LogP contribution >= 0.6 is 15.9 Å². The molecule has 1 heterocycles. The number of likely N-dealkylation sites (N-methyl/N-ethyl adjacent to an activating group) is 1. The summed E-state index contributed by atoms with van der Waals surface area (Å²) in [7, 11) is 0. The molecule has 1 aromatic heterocycles. The highest BCUT2D eigenvalue weighted by molar-refractivity contribution is 9.10. The Morgan fingerprint density at radius 3 is 2.80 bits per heavy atom. The Labute approximate surface area is 126 Å². The Bertz CT molecular complexity index is 569. The van der Waals surface area contributed by atoms with Crippen LogP contribution in [-0.2, 0) is 11.3 Å². The van der Waals surface area contributed by atoms with Gasteiger partial charge in [0.05, 0.1) is 12.5 Å². The number of nitrogens with two attached hydrogens (primary N) is 1. The van der Waals surface area contributed by atoms with Gasteiger partial charge in [0, 0.05) is 16.6 Å². The van der Waals surface area contributed by atoms with Crippen molar-refractivity contribution in [1.29, 1.82) is 0 Å². The average Bonchev–Trinajstić information content (AvgIpc) is 2.90. The van der Waals surface area contributed by atoms with Crippen molar-refractivity contribution in [3.8, 4) is 0 Å². The summed E-state index contributed by atoms with van der Waals surface area (Å²) >= 11 is 3.43. The molecule has 0 fully saturated rings. The van der Waals surface area contributed by atoms with Gasteiger partial charge >= 0.3 is 0 Å². The van der Waals surface area contributed by atoms with E-state index in [1.54, 1.807) is 12.5 Å². The first kappa shape index (κ1) is 14.8. The van der Waals surface area contributed by atoms with Gasteiger partial charge in [-0.15, -0.1) is 0 Å². The van der Waals surface area contributed by atoms with E-state index in [-0.39, 0.29) is 5.91 Å². The van der Waals surface area contributed by atoms with Crippen molar-refractivity contribution < 1.29 is 9.21 Å². The van der Waals surface area contributed by atoms with Crippen LogP contribution in [0.4, 0.5) is 0 Å². The molecule has 0 bridgehead atoms. The predicted octanol–water partition coefficient (Wildman–Crippen LogP) is 3.09. The van der Waals surface area contributed by atoms with Gasteiger partial charge in [0.25, 0.3) is 0 Å². The van der Waals surface area contributed by atoms with Crippen LogP contribution in [0.5, 0.6) is 0 Å². The van der Waals surface area contributed by atoms with Crippen molar-refractivity contribution in [1.82, 2.24) is 4.90 Å². The molecule has 0 saturated carbocycles. The molecule has 2 rings (SSSR count). The minimum absolute atomic E-state index is 0.353. The quantitative estimate of drug-likeness (QED) is 0.881. The number of hydrogen-bond acceptors (Lipinski definition) is 3. The molecule has 0 radical (unpaired) electrons. The van der Waals surface area contributed by atoms with Crippen LogP contribution in [0.3, 0.4) is 0 Å². The average molecular weight is 337 g/mol. The summed E-state index contributed by atoms with van der Waals surface area (Å²) in [5.41, 5.74) is 7.51. The van der Waals surface area contributed by atoms with Crippen LogP contribution in [0.15, 0.2) is 51.7 Å². The van der Waals surface area contributed by atoms with E-state index < -0.39 is 6.04 Å². The molecule has 0 spiro atoms. The summed E-state index contributed by atoms with van der Waals surface area (Å²) in [6.45, 7) is 3.34. The molecule has 106 valence electrons. The van der Waals surface area contributed by atoms with E-state index in [0.717, 1.165) is 15.6 Å². The topological polar surface area (TPSA) is 59.5 Å². The number of hydrogen-bond donors (Lipinski definition) is 1. The van der Waals surface area contributed by atoms with Crippen molar-refractivity contribution in [2.75, 3.05) is 6.54 Å². The summed E-state index contributed by atoms with van der Waals surface area (Å²) in [4.78, 5) is 13.9. The first-order valence-electron chi connectivity index (χ1n) is 6.41. The SMILES string of the molecule is CCN(Cc1ccoc1)[C@H](C(N)=O)c1cccc(Br)c1. The fourth-order valence-corrected chi connectivity index (χ4v) is 2.65. The zero-order valence-corrected chi connectivity index (χ0v) is 12.8. The lowest BCUT2D eigenvalue weighted by Gasteiger charge is -2.28. The maximum atomic E-state index is 11.9. The molecule has 4 nitrogen and oxygen atoms in total. The number of amides is 1. The van der Waals surface area contributed by atoms with Crippen molar-refractivity contribution in [2.24, 2.45) is 5.73 Å². The highest BCUT2D eigenvalue weighted by atomic mass is 79.9. The van der Waals surface area contributed by atoms with Gasteiger partial charge in [0.1, 0.15) is 6.04 Å². The molecule has 20 heavy (non-hydrogen) atoms. The number of nitrogens with zero attached hydrogens (tertiary/aromatic N) is 1. The van der Waals surface area contributed by atoms with Gasteiger partial charge in [-0.2, -0.15) is 0 Å². The Morgan fingerprint density at radius 2 is 2.25 bits per heavy atom. The Balaban J connectivity index is 2.28. The Morgan fingerprint density at radius 1 is 1.45 bits per heavy atom. The monoisotopic (exact) mass is 336 g/mol. The molecule has 1 aromatic carbocycles. The number of carbonyl (C=O) groups excluding carboxylic acids is 1. The van der Waals surface area contributed by atoms with Gasteiger partial charge in [-0.3, -0.25) is 9.69 Å². The number of furan rings is 1. The van der Waals surface area contributed by atoms with Crippen LogP contribution in [0, 0.1) is 0 Å². The van der Waals surface area contributed by atoms with E-state index in [0.29, 0.717) is 13.1 Å². The van der Waals surface area contributed by atoms with E-state index in [1.807, 2.05) is 42.2 Å². The molecule has 0 aliphatic heterocycles. The van der Waals surface area contributed by atoms with Crippen LogP contribution < -0.4 is 5.73 Å². The van der Waals surface area contributed by atoms with Gasteiger partial charge in [-0.1, -0.05) is 35.0 Å². The molecule has 1 amide bonds. The smallest absolute Gasteiger partial charge is 0.239 e. The molecular formula is C15H17BrN2O2. The lowest BCUT2D eigenvalue weighted by molar-refractivity contribution is -0.123. The Hall–Kier alpha value is -1.59. The molecule has 0 aliphatic rings. The summed E-state index contributed by atoms with van der Waals surface area (Å²) in [5.74, 6) is -0.353. The summed E-state index contributed by atoms with van der Waals surface area (Å²) < 4.78 is 6.01. The first-order valence-corrected chi connectivity index (χ1v) is 7.21. The lowest BCUT2D eigenvalue weighted by Crippen LogP contribution is -2.37. The minimum atomic E-state index is -0.451. The summed E-state index contributed by atoms with van der Waals surface area (Å²) in [6.07, 6.45) is 3.31. The van der Waals surface area contributed by atoms with Crippen molar-refractivity contribution in [3.63, 3.8) is 0 Å². The Kier molecular flexibility index (Phi) is 4.98. The standard InChI is InChI=1S/C15H17BrN2O2/c1-2-18(9-11-6-7-20-10-11)14(15(17)19)12-4-3-5-13(16)8-12/h3-8,10,14H,2,9H2,1H3,(H2,17,19)/t14-/m0/s1. The minimum Gasteiger partial charge on any atom is -0.472 e. The van der Waals surface area contributed by atoms with Gasteiger partial charge in [0.2, 0.25) is 5.91 Å². The van der Waals surface area contributed by atoms with Gasteiger partial charge in [-0.25, -0.2) is 0 Å². The van der Waals surface area contributed by atoms with E-state index in [9.17, 15) is 4.79 Å². The third-order valence-electron chi connectivity index (χ3n) is 3.17. The van der Waals surface area contributed by atoms with E-state index >= 15 is 0 Å². The number of halogens is 1. The van der Waals surface area contributed by atoms with E-state index in [1.165, 1.54) is 0 Å². The van der Waals surface area contributed by atoms with Crippen LogP contribution in [0.1, 0.15) is 24.1 Å². The molecule has 0 aliphatic carbocycles. The second kappa shape index (κ2) is 6.72. The van der Waals surface area contributed by atoms with Crippen molar-refractivity contribution >= 4 is 21.8 Å². The second-order valence-corrected chi connectivity index (χ2v) is 5.47. The number of carbonyl (C=O) groups is 1. The second-order valence-electron chi connectivity index (χ2n) is 4.55. The molecule has 0 saturated heterocycles. The van der Waals surface area contributed by atoms with Crippen LogP contribution in [-0.4, -0.2) is 17.4 Å². The molecular weight excluding hydrogens is 320 g/mol. The highest BCUT2D eigenvalue weighted by Crippen LogP contribution is 2.25. The molecule has 1 atom stereocenters. The third-order valence-corrected chi connectivity index (χ3v) is 3.66. The van der Waals surface area contributed by atoms with E-state index in [4.69, 9.17) is 10.2 Å². The lowest BCUT2D eigenvalue weighted by atomic mass is 10.0. The maximum Gasteiger partial charge on any atom is 0.239 e. The number of primary amides is 1. The maximum absolute atomic E-state index is 11.9. The molecule has 2 N–H and O–H groups in total. The largest absolute Gasteiger partial charge is 0.472 e. The molecule has 5 heteroatoms. The predicted molar refractivity (Wildman–Crippen MR) is 80.9 cm³/mol. The zero-order chi connectivity index (χ0) is 14.5. The van der Waals surface area contributed by atoms with Gasteiger partial charge in [0.15, 0.2) is 0 Å². The summed E-state index contributed by atoms with van der Waals surface area (Å²) in [6, 6.07) is 9.11. The molecule has 0 unspecified atom stereocenters. The fraction of sp³-hybridized carbons (Fsp3) is 0.267. The number of rotatable bonds is 6. The van der Waals surface area contributed by atoms with Gasteiger partial charge < -0.3 is 10.2 Å².